The van der Waals surface area contributed by atoms with E-state index in [-0.39, 0.29) is 11.9 Å². The minimum absolute atomic E-state index is 0.00167. The molecule has 0 N–H and O–H groups in total. The Morgan fingerprint density at radius 3 is 2.52 bits per heavy atom. The van der Waals surface area contributed by atoms with E-state index in [1.165, 1.54) is 0 Å². The van der Waals surface area contributed by atoms with Gasteiger partial charge in [0.1, 0.15) is 18.5 Å². The van der Waals surface area contributed by atoms with Crippen molar-refractivity contribution in [1.29, 1.82) is 0 Å². The van der Waals surface area contributed by atoms with Crippen LogP contribution in [-0.2, 0) is 4.74 Å². The van der Waals surface area contributed by atoms with Crippen molar-refractivity contribution in [2.45, 2.75) is 6.10 Å². The summed E-state index contributed by atoms with van der Waals surface area (Å²) in [5.41, 5.74) is 1.66. The van der Waals surface area contributed by atoms with Crippen molar-refractivity contribution in [2.75, 3.05) is 13.2 Å². The van der Waals surface area contributed by atoms with Gasteiger partial charge in [0.05, 0.1) is 6.61 Å². The van der Waals surface area contributed by atoms with Crippen LogP contribution in [0.15, 0.2) is 60.7 Å². The monoisotopic (exact) mass is 280 g/mol. The minimum atomic E-state index is 0.00167. The predicted octanol–water partition coefficient (Wildman–Crippen LogP) is 3.36. The fourth-order valence-corrected chi connectivity index (χ4v) is 1.90. The van der Waals surface area contributed by atoms with Gasteiger partial charge in [-0.05, 0) is 23.8 Å². The van der Waals surface area contributed by atoms with Crippen LogP contribution in [0.1, 0.15) is 15.9 Å². The Labute approximate surface area is 123 Å². The maximum absolute atomic E-state index is 11.9. The second-order valence-electron chi connectivity index (χ2n) is 4.90. The summed E-state index contributed by atoms with van der Waals surface area (Å²) in [7, 11) is 0. The molecule has 0 amide bonds. The van der Waals surface area contributed by atoms with Crippen molar-refractivity contribution in [3.63, 3.8) is 0 Å². The number of allylic oxidation sites excluding steroid dienone is 1. The van der Waals surface area contributed by atoms with E-state index in [9.17, 15) is 4.79 Å². The fourth-order valence-electron chi connectivity index (χ4n) is 1.90. The molecule has 0 aromatic heterocycles. The summed E-state index contributed by atoms with van der Waals surface area (Å²) in [6.07, 6.45) is 3.65. The van der Waals surface area contributed by atoms with Crippen LogP contribution in [-0.4, -0.2) is 25.1 Å². The molecule has 0 aliphatic carbocycles. The first kappa shape index (κ1) is 13.6. The number of benzene rings is 2. The lowest BCUT2D eigenvalue weighted by molar-refractivity contribution is 0.104. The molecule has 0 saturated carbocycles. The molecule has 1 heterocycles. The minimum Gasteiger partial charge on any atom is -0.491 e. The maximum atomic E-state index is 11.9. The van der Waals surface area contributed by atoms with E-state index in [1.807, 2.05) is 60.7 Å². The molecule has 1 saturated heterocycles. The van der Waals surface area contributed by atoms with E-state index >= 15 is 0 Å². The van der Waals surface area contributed by atoms with Gasteiger partial charge in [0.25, 0.3) is 0 Å². The van der Waals surface area contributed by atoms with Crippen molar-refractivity contribution in [3.05, 3.63) is 71.8 Å². The molecule has 0 radical (unpaired) electrons. The molecule has 3 nitrogen and oxygen atoms in total. The smallest absolute Gasteiger partial charge is 0.185 e. The van der Waals surface area contributed by atoms with Gasteiger partial charge in [0, 0.05) is 5.56 Å². The molecule has 0 spiro atoms. The second-order valence-corrected chi connectivity index (χ2v) is 4.90. The molecule has 3 rings (SSSR count). The molecule has 106 valence electrons. The first-order chi connectivity index (χ1) is 10.3. The molecule has 0 bridgehead atoms. The van der Waals surface area contributed by atoms with Crippen LogP contribution in [0, 0.1) is 0 Å². The van der Waals surface area contributed by atoms with E-state index < -0.39 is 0 Å². The summed E-state index contributed by atoms with van der Waals surface area (Å²) in [6.45, 7) is 1.39. The van der Waals surface area contributed by atoms with Gasteiger partial charge in [0.15, 0.2) is 5.78 Å². The average molecular weight is 280 g/mol. The first-order valence-corrected chi connectivity index (χ1v) is 6.93. The molecule has 1 aliphatic heterocycles. The molecule has 1 atom stereocenters. The number of ketones is 1. The number of rotatable bonds is 6. The SMILES string of the molecule is O=C(/C=C/c1ccc(OCC2CO2)cc1)c1ccccc1. The van der Waals surface area contributed by atoms with Crippen LogP contribution in [0.2, 0.25) is 0 Å². The Balaban J connectivity index is 1.59. The highest BCUT2D eigenvalue weighted by atomic mass is 16.6. The highest BCUT2D eigenvalue weighted by Gasteiger charge is 2.22. The van der Waals surface area contributed by atoms with Crippen molar-refractivity contribution in [1.82, 2.24) is 0 Å². The van der Waals surface area contributed by atoms with Gasteiger partial charge in [-0.2, -0.15) is 0 Å². The lowest BCUT2D eigenvalue weighted by Gasteiger charge is -2.03. The quantitative estimate of drug-likeness (QED) is 0.462. The Morgan fingerprint density at radius 2 is 1.86 bits per heavy atom. The predicted molar refractivity (Wildman–Crippen MR) is 81.5 cm³/mol. The van der Waals surface area contributed by atoms with Crippen molar-refractivity contribution in [2.24, 2.45) is 0 Å². The van der Waals surface area contributed by atoms with Crippen LogP contribution in [0.5, 0.6) is 5.75 Å². The van der Waals surface area contributed by atoms with E-state index in [4.69, 9.17) is 9.47 Å². The van der Waals surface area contributed by atoms with Crippen LogP contribution >= 0.6 is 0 Å². The zero-order valence-electron chi connectivity index (χ0n) is 11.6. The van der Waals surface area contributed by atoms with Crippen molar-refractivity contribution < 1.29 is 14.3 Å². The Kier molecular flexibility index (Phi) is 4.12. The van der Waals surface area contributed by atoms with Crippen LogP contribution in [0.25, 0.3) is 6.08 Å². The Hall–Kier alpha value is -2.39. The topological polar surface area (TPSA) is 38.8 Å². The van der Waals surface area contributed by atoms with Gasteiger partial charge < -0.3 is 9.47 Å². The highest BCUT2D eigenvalue weighted by Crippen LogP contribution is 2.16. The van der Waals surface area contributed by atoms with Gasteiger partial charge >= 0.3 is 0 Å². The van der Waals surface area contributed by atoms with Gasteiger partial charge in [-0.15, -0.1) is 0 Å². The van der Waals surface area contributed by atoms with Gasteiger partial charge in [-0.1, -0.05) is 48.5 Å². The summed E-state index contributed by atoms with van der Waals surface area (Å²) in [5, 5.41) is 0. The maximum Gasteiger partial charge on any atom is 0.185 e. The molecule has 1 fully saturated rings. The molecule has 21 heavy (non-hydrogen) atoms. The zero-order valence-corrected chi connectivity index (χ0v) is 11.6. The van der Waals surface area contributed by atoms with E-state index in [2.05, 4.69) is 0 Å². The molecular formula is C18H16O3. The van der Waals surface area contributed by atoms with Gasteiger partial charge in [0.2, 0.25) is 0 Å². The second kappa shape index (κ2) is 6.37. The summed E-state index contributed by atoms with van der Waals surface area (Å²) in [4.78, 5) is 11.9. The molecule has 1 aliphatic rings. The average Bonchev–Trinajstić information content (AvgIpc) is 3.37. The fraction of sp³-hybridized carbons (Fsp3) is 0.167. The third kappa shape index (κ3) is 4.04. The number of ether oxygens (including phenoxy) is 2. The summed E-state index contributed by atoms with van der Waals surface area (Å²) in [5.74, 6) is 0.818. The van der Waals surface area contributed by atoms with E-state index in [0.29, 0.717) is 12.2 Å². The highest BCUT2D eigenvalue weighted by molar-refractivity contribution is 6.06. The van der Waals surface area contributed by atoms with Gasteiger partial charge in [-0.25, -0.2) is 0 Å². The number of carbonyl (C=O) groups excluding carboxylic acids is 1. The number of epoxide rings is 1. The molecule has 2 aromatic rings. The third-order valence-corrected chi connectivity index (χ3v) is 3.20. The third-order valence-electron chi connectivity index (χ3n) is 3.20. The largest absolute Gasteiger partial charge is 0.491 e. The Bertz CT molecular complexity index is 625. The first-order valence-electron chi connectivity index (χ1n) is 6.93. The summed E-state index contributed by atoms with van der Waals surface area (Å²) >= 11 is 0. The molecule has 2 aromatic carbocycles. The van der Waals surface area contributed by atoms with Crippen LogP contribution in [0.3, 0.4) is 0 Å². The molecular weight excluding hydrogens is 264 g/mol. The molecule has 1 unspecified atom stereocenters. The lowest BCUT2D eigenvalue weighted by Crippen LogP contribution is -2.03. The number of hydrogen-bond acceptors (Lipinski definition) is 3. The van der Waals surface area contributed by atoms with Crippen molar-refractivity contribution in [3.8, 4) is 5.75 Å². The zero-order chi connectivity index (χ0) is 14.5. The van der Waals surface area contributed by atoms with E-state index in [0.717, 1.165) is 17.9 Å². The van der Waals surface area contributed by atoms with Crippen molar-refractivity contribution >= 4 is 11.9 Å². The van der Waals surface area contributed by atoms with E-state index in [1.54, 1.807) is 6.08 Å². The van der Waals surface area contributed by atoms with Crippen LogP contribution < -0.4 is 4.74 Å². The normalized spacial score (nSPS) is 16.9. The lowest BCUT2D eigenvalue weighted by atomic mass is 10.1. The van der Waals surface area contributed by atoms with Gasteiger partial charge in [-0.3, -0.25) is 4.79 Å². The van der Waals surface area contributed by atoms with Crippen LogP contribution in [0.4, 0.5) is 0 Å². The summed E-state index contributed by atoms with van der Waals surface area (Å²) in [6, 6.07) is 16.9. The Morgan fingerprint density at radius 1 is 1.14 bits per heavy atom. The number of hydrogen-bond donors (Lipinski definition) is 0. The summed E-state index contributed by atoms with van der Waals surface area (Å²) < 4.78 is 10.7. The molecule has 3 heteroatoms. The standard InChI is InChI=1S/C18H16O3/c19-18(15-4-2-1-3-5-15)11-8-14-6-9-16(10-7-14)20-12-17-13-21-17/h1-11,17H,12-13H2/b11-8+. The number of carbonyl (C=O) groups is 1.